The zero-order valence-corrected chi connectivity index (χ0v) is 18.7. The number of aliphatic hydroxyl groups excluding tert-OH is 1. The first kappa shape index (κ1) is 25.1. The third-order valence-corrected chi connectivity index (χ3v) is 9.27. The Labute approximate surface area is 159 Å². The summed E-state index contributed by atoms with van der Waals surface area (Å²) in [6.45, 7) is 4.45. The van der Waals surface area contributed by atoms with E-state index in [1.807, 2.05) is 0 Å². The van der Waals surface area contributed by atoms with Gasteiger partial charge in [0.25, 0.3) is 0 Å². The predicted octanol–water partition coefficient (Wildman–Crippen LogP) is 6.51. The molecule has 0 spiro atoms. The van der Waals surface area contributed by atoms with E-state index in [0.29, 0.717) is 5.54 Å². The van der Waals surface area contributed by atoms with Crippen molar-refractivity contribution >= 4 is 8.56 Å². The minimum atomic E-state index is -2.37. The number of hydrogen-bond acceptors (Lipinski definition) is 3. The van der Waals surface area contributed by atoms with Gasteiger partial charge in [-0.25, -0.2) is 0 Å². The van der Waals surface area contributed by atoms with Crippen LogP contribution in [0.4, 0.5) is 0 Å². The average Bonchev–Trinajstić information content (AvgIpc) is 2.64. The van der Waals surface area contributed by atoms with Gasteiger partial charge < -0.3 is 14.0 Å². The van der Waals surface area contributed by atoms with Gasteiger partial charge in [-0.3, -0.25) is 0 Å². The average molecular weight is 375 g/mol. The van der Waals surface area contributed by atoms with Crippen LogP contribution in [0.2, 0.25) is 5.54 Å². The van der Waals surface area contributed by atoms with Gasteiger partial charge in [-0.2, -0.15) is 0 Å². The van der Waals surface area contributed by atoms with Crippen LogP contribution in [0.3, 0.4) is 0 Å². The fourth-order valence-corrected chi connectivity index (χ4v) is 5.82. The molecular formula is C21H46O3Si. The predicted molar refractivity (Wildman–Crippen MR) is 111 cm³/mol. The molecule has 0 aromatic rings. The highest BCUT2D eigenvalue weighted by Crippen LogP contribution is 2.28. The van der Waals surface area contributed by atoms with Crippen molar-refractivity contribution in [2.75, 3.05) is 20.4 Å². The molecule has 1 unspecified atom stereocenters. The summed E-state index contributed by atoms with van der Waals surface area (Å²) in [5.41, 5.74) is 0.352. The number of unbranched alkanes of at least 4 members (excludes halogenated alkanes) is 13. The van der Waals surface area contributed by atoms with Crippen LogP contribution in [-0.2, 0) is 8.85 Å². The Morgan fingerprint density at radius 3 is 1.36 bits per heavy atom. The summed E-state index contributed by atoms with van der Waals surface area (Å²) >= 11 is 0. The van der Waals surface area contributed by atoms with Crippen molar-refractivity contribution < 1.29 is 14.0 Å². The Hall–Kier alpha value is 0.0969. The molecule has 3 nitrogen and oxygen atoms in total. The van der Waals surface area contributed by atoms with Crippen LogP contribution < -0.4 is 0 Å². The van der Waals surface area contributed by atoms with E-state index in [-0.39, 0.29) is 6.23 Å². The summed E-state index contributed by atoms with van der Waals surface area (Å²) in [6, 6.07) is 0. The van der Waals surface area contributed by atoms with Gasteiger partial charge in [-0.1, -0.05) is 104 Å². The summed E-state index contributed by atoms with van der Waals surface area (Å²) in [4.78, 5) is 0. The lowest BCUT2D eigenvalue weighted by atomic mass is 10.0. The minimum absolute atomic E-state index is 0.0553. The van der Waals surface area contributed by atoms with Crippen molar-refractivity contribution in [3.05, 3.63) is 0 Å². The first-order valence-electron chi connectivity index (χ1n) is 10.9. The van der Waals surface area contributed by atoms with Gasteiger partial charge in [-0.15, -0.1) is 0 Å². The molecule has 0 fully saturated rings. The maximum atomic E-state index is 9.57. The van der Waals surface area contributed by atoms with Crippen LogP contribution in [-0.4, -0.2) is 34.1 Å². The fraction of sp³-hybridized carbons (Fsp3) is 1.00. The summed E-state index contributed by atoms with van der Waals surface area (Å²) in [7, 11) is 0.978. The van der Waals surface area contributed by atoms with E-state index in [2.05, 4.69) is 13.8 Å². The van der Waals surface area contributed by atoms with Crippen molar-refractivity contribution in [1.29, 1.82) is 0 Å². The van der Waals surface area contributed by atoms with E-state index in [1.165, 1.54) is 89.9 Å². The van der Waals surface area contributed by atoms with Gasteiger partial charge in [0.1, 0.15) is 0 Å². The second-order valence-electron chi connectivity index (χ2n) is 7.66. The molecule has 0 aromatic heterocycles. The van der Waals surface area contributed by atoms with Crippen molar-refractivity contribution in [2.24, 2.45) is 0 Å². The smallest absolute Gasteiger partial charge is 0.366 e. The quantitative estimate of drug-likeness (QED) is 0.207. The van der Waals surface area contributed by atoms with Crippen LogP contribution in [0.5, 0.6) is 0 Å². The molecule has 0 aliphatic rings. The third kappa shape index (κ3) is 12.2. The first-order valence-corrected chi connectivity index (χ1v) is 13.0. The van der Waals surface area contributed by atoms with Crippen LogP contribution in [0.1, 0.15) is 110 Å². The Kier molecular flexibility index (Phi) is 17.6. The van der Waals surface area contributed by atoms with Crippen LogP contribution in [0.25, 0.3) is 0 Å². The second kappa shape index (κ2) is 17.5. The molecule has 0 aliphatic heterocycles. The van der Waals surface area contributed by atoms with Gasteiger partial charge in [0.05, 0.1) is 6.23 Å². The molecule has 1 N–H and O–H groups in total. The lowest BCUT2D eigenvalue weighted by molar-refractivity contribution is 0.185. The SMILES string of the molecule is CCCCCCCCCCCCCCCCC(C)[Si](CO)(OC)OC. The van der Waals surface area contributed by atoms with E-state index < -0.39 is 8.56 Å². The molecule has 0 bridgehead atoms. The molecule has 0 amide bonds. The molecule has 0 saturated heterocycles. The Bertz CT molecular complexity index is 262. The standard InChI is InChI=1S/C21H46O3Si/c1-5-6-7-8-9-10-11-12-13-14-15-16-17-18-19-21(2)25(20-22,23-3)24-4/h21-22H,5-20H2,1-4H3. The molecule has 1 atom stereocenters. The van der Waals surface area contributed by atoms with Gasteiger partial charge in [0.2, 0.25) is 0 Å². The summed E-state index contributed by atoms with van der Waals surface area (Å²) in [6.07, 6.45) is 20.6. The van der Waals surface area contributed by atoms with E-state index in [4.69, 9.17) is 8.85 Å². The zero-order valence-electron chi connectivity index (χ0n) is 17.7. The van der Waals surface area contributed by atoms with Crippen LogP contribution >= 0.6 is 0 Å². The number of aliphatic hydroxyl groups is 1. The minimum Gasteiger partial charge on any atom is -0.396 e. The largest absolute Gasteiger partial charge is 0.396 e. The molecule has 152 valence electrons. The topological polar surface area (TPSA) is 38.7 Å². The van der Waals surface area contributed by atoms with Crippen molar-refractivity contribution in [3.63, 3.8) is 0 Å². The third-order valence-electron chi connectivity index (χ3n) is 5.65. The Morgan fingerprint density at radius 2 is 1.04 bits per heavy atom. The summed E-state index contributed by atoms with van der Waals surface area (Å²) in [5.74, 6) is 0. The van der Waals surface area contributed by atoms with Crippen molar-refractivity contribution in [3.8, 4) is 0 Å². The fourth-order valence-electron chi connectivity index (χ4n) is 3.64. The second-order valence-corrected chi connectivity index (χ2v) is 11.4. The Balaban J connectivity index is 3.39. The highest BCUT2D eigenvalue weighted by molar-refractivity contribution is 6.68. The van der Waals surface area contributed by atoms with Gasteiger partial charge >= 0.3 is 8.56 Å². The molecule has 25 heavy (non-hydrogen) atoms. The summed E-state index contributed by atoms with van der Waals surface area (Å²) < 4.78 is 11.1. The maximum Gasteiger partial charge on any atom is 0.366 e. The van der Waals surface area contributed by atoms with Gasteiger partial charge in [-0.05, 0) is 6.42 Å². The highest BCUT2D eigenvalue weighted by atomic mass is 28.4. The molecule has 0 radical (unpaired) electrons. The van der Waals surface area contributed by atoms with E-state index >= 15 is 0 Å². The molecule has 0 rings (SSSR count). The van der Waals surface area contributed by atoms with E-state index in [1.54, 1.807) is 14.2 Å². The first-order chi connectivity index (χ1) is 12.2. The van der Waals surface area contributed by atoms with Gasteiger partial charge in [0, 0.05) is 19.8 Å². The highest BCUT2D eigenvalue weighted by Gasteiger charge is 2.40. The van der Waals surface area contributed by atoms with E-state index in [0.717, 1.165) is 6.42 Å². The van der Waals surface area contributed by atoms with Gasteiger partial charge in [0.15, 0.2) is 0 Å². The lowest BCUT2D eigenvalue weighted by Crippen LogP contribution is -2.48. The monoisotopic (exact) mass is 374 g/mol. The van der Waals surface area contributed by atoms with Crippen molar-refractivity contribution in [2.45, 2.75) is 116 Å². The van der Waals surface area contributed by atoms with Crippen LogP contribution in [0.15, 0.2) is 0 Å². The molecule has 0 aliphatic carbocycles. The summed E-state index contributed by atoms with van der Waals surface area (Å²) in [5, 5.41) is 9.57. The van der Waals surface area contributed by atoms with Crippen LogP contribution in [0, 0.1) is 0 Å². The molecule has 0 saturated carbocycles. The lowest BCUT2D eigenvalue weighted by Gasteiger charge is -2.31. The molecule has 0 aromatic carbocycles. The van der Waals surface area contributed by atoms with E-state index in [9.17, 15) is 5.11 Å². The molecule has 4 heteroatoms. The molecular weight excluding hydrogens is 328 g/mol. The number of hydrogen-bond donors (Lipinski definition) is 1. The normalized spacial score (nSPS) is 13.3. The zero-order chi connectivity index (χ0) is 18.8. The maximum absolute atomic E-state index is 9.57. The molecule has 0 heterocycles. The number of rotatable bonds is 19. The Morgan fingerprint density at radius 1 is 0.680 bits per heavy atom. The van der Waals surface area contributed by atoms with Crippen molar-refractivity contribution in [1.82, 2.24) is 0 Å².